The molecule has 1 heterocycles. The lowest BCUT2D eigenvalue weighted by Crippen LogP contribution is -2.33. The van der Waals surface area contributed by atoms with Gasteiger partial charge in [-0.3, -0.25) is 9.69 Å². The lowest BCUT2D eigenvalue weighted by atomic mass is 10.0. The lowest BCUT2D eigenvalue weighted by molar-refractivity contribution is -0.117. The smallest absolute Gasteiger partial charge is 0.238 e. The van der Waals surface area contributed by atoms with E-state index in [1.807, 2.05) is 54.6 Å². The van der Waals surface area contributed by atoms with Crippen molar-refractivity contribution >= 4 is 11.6 Å². The van der Waals surface area contributed by atoms with Crippen LogP contribution < -0.4 is 10.1 Å². The van der Waals surface area contributed by atoms with Gasteiger partial charge in [0.2, 0.25) is 5.91 Å². The molecule has 0 radical (unpaired) electrons. The second-order valence-corrected chi connectivity index (χ2v) is 7.36. The molecule has 3 aromatic rings. The van der Waals surface area contributed by atoms with Gasteiger partial charge in [0.25, 0.3) is 0 Å². The molecule has 0 aliphatic carbocycles. The van der Waals surface area contributed by atoms with Gasteiger partial charge in [-0.1, -0.05) is 60.7 Å². The van der Waals surface area contributed by atoms with Crippen LogP contribution in [0, 0.1) is 0 Å². The topological polar surface area (TPSA) is 41.6 Å². The number of carbonyl (C=O) groups is 1. The summed E-state index contributed by atoms with van der Waals surface area (Å²) in [7, 11) is 1.68. The third-order valence-electron chi connectivity index (χ3n) is 5.50. The number of nitrogens with zero attached hydrogens (tertiary/aromatic N) is 1. The maximum Gasteiger partial charge on any atom is 0.238 e. The summed E-state index contributed by atoms with van der Waals surface area (Å²) in [6.45, 7) is 1.32. The molecule has 4 nitrogen and oxygen atoms in total. The van der Waals surface area contributed by atoms with E-state index in [1.165, 1.54) is 5.56 Å². The number of rotatable bonds is 6. The van der Waals surface area contributed by atoms with Crippen LogP contribution in [0.25, 0.3) is 11.1 Å². The monoisotopic (exact) mass is 386 g/mol. The van der Waals surface area contributed by atoms with E-state index in [0.29, 0.717) is 6.54 Å². The molecule has 29 heavy (non-hydrogen) atoms. The molecule has 3 aromatic carbocycles. The zero-order valence-corrected chi connectivity index (χ0v) is 16.7. The number of para-hydroxylation sites is 1. The summed E-state index contributed by atoms with van der Waals surface area (Å²) in [5.74, 6) is 0.877. The third-order valence-corrected chi connectivity index (χ3v) is 5.50. The van der Waals surface area contributed by atoms with E-state index in [2.05, 4.69) is 34.5 Å². The van der Waals surface area contributed by atoms with Crippen LogP contribution in [0.15, 0.2) is 78.9 Å². The van der Waals surface area contributed by atoms with Crippen molar-refractivity contribution in [3.05, 3.63) is 84.4 Å². The van der Waals surface area contributed by atoms with Gasteiger partial charge in [0, 0.05) is 17.3 Å². The second-order valence-electron chi connectivity index (χ2n) is 7.36. The van der Waals surface area contributed by atoms with Crippen molar-refractivity contribution < 1.29 is 9.53 Å². The molecule has 1 aliphatic rings. The van der Waals surface area contributed by atoms with Gasteiger partial charge in [0.1, 0.15) is 5.75 Å². The predicted octanol–water partition coefficient (Wildman–Crippen LogP) is 5.14. The minimum atomic E-state index is 0.0220. The lowest BCUT2D eigenvalue weighted by Gasteiger charge is -2.24. The fourth-order valence-corrected chi connectivity index (χ4v) is 4.05. The molecule has 148 valence electrons. The van der Waals surface area contributed by atoms with Gasteiger partial charge in [-0.05, 0) is 48.7 Å². The molecule has 1 aliphatic heterocycles. The summed E-state index contributed by atoms with van der Waals surface area (Å²) in [5.41, 5.74) is 4.22. The van der Waals surface area contributed by atoms with Crippen molar-refractivity contribution in [2.45, 2.75) is 18.9 Å². The first-order chi connectivity index (χ1) is 14.2. The summed E-state index contributed by atoms with van der Waals surface area (Å²) in [4.78, 5) is 15.1. The average molecular weight is 386 g/mol. The van der Waals surface area contributed by atoms with E-state index in [0.717, 1.165) is 42.0 Å². The number of carbonyl (C=O) groups excluding carboxylic acids is 1. The van der Waals surface area contributed by atoms with E-state index < -0.39 is 0 Å². The van der Waals surface area contributed by atoms with E-state index in [9.17, 15) is 4.79 Å². The van der Waals surface area contributed by atoms with Gasteiger partial charge >= 0.3 is 0 Å². The Morgan fingerprint density at radius 3 is 2.48 bits per heavy atom. The Labute approximate surface area is 172 Å². The molecular weight excluding hydrogens is 360 g/mol. The predicted molar refractivity (Wildman–Crippen MR) is 117 cm³/mol. The quantitative estimate of drug-likeness (QED) is 0.638. The number of hydrogen-bond donors (Lipinski definition) is 1. The molecule has 1 unspecified atom stereocenters. The van der Waals surface area contributed by atoms with Gasteiger partial charge in [0.05, 0.1) is 13.7 Å². The SMILES string of the molecule is COc1ccc(C2CCCN2CC(=O)Nc2ccccc2-c2ccccc2)cc1. The highest BCUT2D eigenvalue weighted by Crippen LogP contribution is 2.33. The summed E-state index contributed by atoms with van der Waals surface area (Å²) in [6, 6.07) is 26.6. The second kappa shape index (κ2) is 8.93. The number of likely N-dealkylation sites (tertiary alicyclic amines) is 1. The summed E-state index contributed by atoms with van der Waals surface area (Å²) in [5, 5.41) is 3.13. The Balaban J connectivity index is 1.46. The number of nitrogens with one attached hydrogen (secondary N) is 1. The number of anilines is 1. The van der Waals surface area contributed by atoms with Crippen molar-refractivity contribution in [1.29, 1.82) is 0 Å². The Hall–Kier alpha value is -3.11. The number of amides is 1. The van der Waals surface area contributed by atoms with Crippen LogP contribution in [0.1, 0.15) is 24.4 Å². The molecule has 1 N–H and O–H groups in total. The highest BCUT2D eigenvalue weighted by Gasteiger charge is 2.27. The van der Waals surface area contributed by atoms with Crippen molar-refractivity contribution in [2.24, 2.45) is 0 Å². The Morgan fingerprint density at radius 1 is 1.00 bits per heavy atom. The third kappa shape index (κ3) is 4.49. The maximum absolute atomic E-state index is 12.9. The zero-order chi connectivity index (χ0) is 20.1. The summed E-state index contributed by atoms with van der Waals surface area (Å²) in [6.07, 6.45) is 2.17. The fourth-order valence-electron chi connectivity index (χ4n) is 4.05. The highest BCUT2D eigenvalue weighted by molar-refractivity contribution is 5.96. The molecule has 1 fully saturated rings. The molecule has 0 aromatic heterocycles. The molecular formula is C25H26N2O2. The summed E-state index contributed by atoms with van der Waals surface area (Å²) < 4.78 is 5.26. The molecule has 1 saturated heterocycles. The largest absolute Gasteiger partial charge is 0.497 e. The first-order valence-corrected chi connectivity index (χ1v) is 10.1. The van der Waals surface area contributed by atoms with Crippen LogP contribution >= 0.6 is 0 Å². The van der Waals surface area contributed by atoms with Crippen LogP contribution in [-0.2, 0) is 4.79 Å². The minimum absolute atomic E-state index is 0.0220. The molecule has 4 heteroatoms. The standard InChI is InChI=1S/C25H26N2O2/c1-29-21-15-13-20(14-16-21)24-12-7-17-27(24)18-25(28)26-23-11-6-5-10-22(23)19-8-3-2-4-9-19/h2-6,8-11,13-16,24H,7,12,17-18H2,1H3,(H,26,28). The van der Waals surface area contributed by atoms with Crippen LogP contribution in [0.4, 0.5) is 5.69 Å². The van der Waals surface area contributed by atoms with Crippen LogP contribution in [0.2, 0.25) is 0 Å². The van der Waals surface area contributed by atoms with Crippen LogP contribution in [0.5, 0.6) is 5.75 Å². The normalized spacial score (nSPS) is 16.5. The fraction of sp³-hybridized carbons (Fsp3) is 0.240. The van der Waals surface area contributed by atoms with Gasteiger partial charge in [-0.15, -0.1) is 0 Å². The maximum atomic E-state index is 12.9. The zero-order valence-electron chi connectivity index (χ0n) is 16.7. The molecule has 0 spiro atoms. The molecule has 1 atom stereocenters. The van der Waals surface area contributed by atoms with Crippen molar-refractivity contribution in [2.75, 3.05) is 25.5 Å². The van der Waals surface area contributed by atoms with E-state index in [4.69, 9.17) is 4.74 Å². The molecule has 1 amide bonds. The van der Waals surface area contributed by atoms with Gasteiger partial charge in [-0.2, -0.15) is 0 Å². The van der Waals surface area contributed by atoms with Gasteiger partial charge in [-0.25, -0.2) is 0 Å². The first-order valence-electron chi connectivity index (χ1n) is 10.1. The highest BCUT2D eigenvalue weighted by atomic mass is 16.5. The van der Waals surface area contributed by atoms with Crippen molar-refractivity contribution in [1.82, 2.24) is 4.90 Å². The number of ether oxygens (including phenoxy) is 1. The number of hydrogen-bond acceptors (Lipinski definition) is 3. The van der Waals surface area contributed by atoms with Crippen molar-refractivity contribution in [3.63, 3.8) is 0 Å². The molecule has 4 rings (SSSR count). The Bertz CT molecular complexity index is 954. The molecule has 0 saturated carbocycles. The van der Waals surface area contributed by atoms with Crippen molar-refractivity contribution in [3.8, 4) is 16.9 Å². The van der Waals surface area contributed by atoms with Crippen LogP contribution in [0.3, 0.4) is 0 Å². The van der Waals surface area contributed by atoms with Gasteiger partial charge < -0.3 is 10.1 Å². The van der Waals surface area contributed by atoms with Gasteiger partial charge in [0.15, 0.2) is 0 Å². The Morgan fingerprint density at radius 2 is 1.72 bits per heavy atom. The summed E-state index contributed by atoms with van der Waals surface area (Å²) >= 11 is 0. The van der Waals surface area contributed by atoms with E-state index in [1.54, 1.807) is 7.11 Å². The van der Waals surface area contributed by atoms with E-state index in [-0.39, 0.29) is 11.9 Å². The number of benzene rings is 3. The molecule has 0 bridgehead atoms. The van der Waals surface area contributed by atoms with Crippen LogP contribution in [-0.4, -0.2) is 31.0 Å². The average Bonchev–Trinajstić information content (AvgIpc) is 3.22. The first kappa shape index (κ1) is 19.2. The van der Waals surface area contributed by atoms with E-state index >= 15 is 0 Å². The number of methoxy groups -OCH3 is 1. The Kier molecular flexibility index (Phi) is 5.92. The minimum Gasteiger partial charge on any atom is -0.497 e.